The average Bonchev–Trinajstić information content (AvgIpc) is 2.61. The Balaban J connectivity index is 1.76. The first kappa shape index (κ1) is 15.9. The van der Waals surface area contributed by atoms with Crippen LogP contribution in [-0.2, 0) is 4.74 Å². The van der Waals surface area contributed by atoms with E-state index in [1.165, 1.54) is 0 Å². The Bertz CT molecular complexity index is 760. The first-order chi connectivity index (χ1) is 11.7. The van der Waals surface area contributed by atoms with Gasteiger partial charge in [0, 0.05) is 5.69 Å². The second-order valence-corrected chi connectivity index (χ2v) is 5.20. The van der Waals surface area contributed by atoms with Crippen molar-refractivity contribution in [3.05, 3.63) is 54.1 Å². The highest BCUT2D eigenvalue weighted by Gasteiger charge is 2.23. The maximum Gasteiger partial charge on any atom is 0.338 e. The number of nitrogens with zero attached hydrogens (tertiary/aromatic N) is 1. The van der Waals surface area contributed by atoms with E-state index in [1.54, 1.807) is 36.1 Å². The quantitative estimate of drug-likeness (QED) is 0.879. The fourth-order valence-corrected chi connectivity index (χ4v) is 2.51. The molecule has 124 valence electrons. The summed E-state index contributed by atoms with van der Waals surface area (Å²) < 4.78 is 10.5. The van der Waals surface area contributed by atoms with Crippen LogP contribution in [0.2, 0.25) is 0 Å². The molecule has 1 aliphatic rings. The van der Waals surface area contributed by atoms with Crippen molar-refractivity contribution in [1.29, 1.82) is 0 Å². The Morgan fingerprint density at radius 1 is 1.21 bits per heavy atom. The van der Waals surface area contributed by atoms with Crippen LogP contribution in [0.1, 0.15) is 17.3 Å². The standard InChI is InChI=1S/C18H18N2O4/c1-2-23-17(21)13-6-5-7-14(12-13)19-18(22)20-10-11-24-16-9-4-3-8-15(16)20/h3-9,12H,2,10-11H2,1H3,(H,19,22). The van der Waals surface area contributed by atoms with Gasteiger partial charge in [0.25, 0.3) is 0 Å². The normalized spacial score (nSPS) is 12.8. The summed E-state index contributed by atoms with van der Waals surface area (Å²) >= 11 is 0. The summed E-state index contributed by atoms with van der Waals surface area (Å²) in [5.74, 6) is 0.268. The maximum atomic E-state index is 12.6. The van der Waals surface area contributed by atoms with E-state index < -0.39 is 5.97 Å². The van der Waals surface area contributed by atoms with E-state index in [2.05, 4.69) is 5.32 Å². The molecule has 24 heavy (non-hydrogen) atoms. The minimum atomic E-state index is -0.412. The lowest BCUT2D eigenvalue weighted by Gasteiger charge is -2.29. The summed E-state index contributed by atoms with van der Waals surface area (Å²) in [6.45, 7) is 2.95. The zero-order valence-corrected chi connectivity index (χ0v) is 13.3. The molecular weight excluding hydrogens is 308 g/mol. The highest BCUT2D eigenvalue weighted by molar-refractivity contribution is 6.03. The summed E-state index contributed by atoms with van der Waals surface area (Å²) in [4.78, 5) is 26.0. The van der Waals surface area contributed by atoms with Crippen LogP contribution < -0.4 is 15.0 Å². The Labute approximate surface area is 140 Å². The number of benzene rings is 2. The predicted molar refractivity (Wildman–Crippen MR) is 90.7 cm³/mol. The van der Waals surface area contributed by atoms with Gasteiger partial charge >= 0.3 is 12.0 Å². The van der Waals surface area contributed by atoms with Gasteiger partial charge in [0.15, 0.2) is 0 Å². The number of nitrogens with one attached hydrogen (secondary N) is 1. The molecule has 1 heterocycles. The molecule has 0 unspecified atom stereocenters. The Kier molecular flexibility index (Phi) is 4.65. The summed E-state index contributed by atoms with van der Waals surface area (Å²) in [5.41, 5.74) is 1.66. The molecule has 0 saturated carbocycles. The van der Waals surface area contributed by atoms with Crippen molar-refractivity contribution < 1.29 is 19.1 Å². The van der Waals surface area contributed by atoms with Crippen LogP contribution in [0.15, 0.2) is 48.5 Å². The number of hydrogen-bond donors (Lipinski definition) is 1. The molecule has 2 amide bonds. The summed E-state index contributed by atoms with van der Waals surface area (Å²) in [6.07, 6.45) is 0. The number of para-hydroxylation sites is 2. The van der Waals surface area contributed by atoms with E-state index >= 15 is 0 Å². The minimum Gasteiger partial charge on any atom is -0.490 e. The molecule has 0 saturated heterocycles. The minimum absolute atomic E-state index is 0.272. The van der Waals surface area contributed by atoms with Gasteiger partial charge in [-0.1, -0.05) is 18.2 Å². The van der Waals surface area contributed by atoms with E-state index in [1.807, 2.05) is 24.3 Å². The molecular formula is C18H18N2O4. The maximum absolute atomic E-state index is 12.6. The molecule has 0 atom stereocenters. The van der Waals surface area contributed by atoms with Crippen LogP contribution in [0.4, 0.5) is 16.2 Å². The number of hydrogen-bond acceptors (Lipinski definition) is 4. The van der Waals surface area contributed by atoms with Crippen LogP contribution in [0.3, 0.4) is 0 Å². The average molecular weight is 326 g/mol. The van der Waals surface area contributed by atoms with Crippen LogP contribution in [0.25, 0.3) is 0 Å². The van der Waals surface area contributed by atoms with Crippen molar-refractivity contribution in [1.82, 2.24) is 0 Å². The number of fused-ring (bicyclic) bond motifs is 1. The number of urea groups is 1. The van der Waals surface area contributed by atoms with Crippen molar-refractivity contribution in [3.63, 3.8) is 0 Å². The van der Waals surface area contributed by atoms with E-state index in [4.69, 9.17) is 9.47 Å². The lowest BCUT2D eigenvalue weighted by atomic mass is 10.2. The van der Waals surface area contributed by atoms with Crippen LogP contribution in [0, 0.1) is 0 Å². The monoisotopic (exact) mass is 326 g/mol. The van der Waals surface area contributed by atoms with Gasteiger partial charge in [0.1, 0.15) is 12.4 Å². The van der Waals surface area contributed by atoms with Crippen molar-refractivity contribution >= 4 is 23.4 Å². The molecule has 1 aliphatic heterocycles. The molecule has 1 N–H and O–H groups in total. The smallest absolute Gasteiger partial charge is 0.338 e. The number of esters is 1. The third-order valence-corrected chi connectivity index (χ3v) is 3.60. The fourth-order valence-electron chi connectivity index (χ4n) is 2.51. The van der Waals surface area contributed by atoms with Gasteiger partial charge in [0.2, 0.25) is 0 Å². The number of carbonyl (C=O) groups excluding carboxylic acids is 2. The molecule has 0 radical (unpaired) electrons. The number of amides is 2. The van der Waals surface area contributed by atoms with E-state index in [-0.39, 0.29) is 6.03 Å². The van der Waals surface area contributed by atoms with Crippen molar-refractivity contribution in [3.8, 4) is 5.75 Å². The van der Waals surface area contributed by atoms with Gasteiger partial charge in [-0.2, -0.15) is 0 Å². The summed E-state index contributed by atoms with van der Waals surface area (Å²) in [7, 11) is 0. The molecule has 2 aromatic rings. The molecule has 0 bridgehead atoms. The highest BCUT2D eigenvalue weighted by atomic mass is 16.5. The summed E-state index contributed by atoms with van der Waals surface area (Å²) in [5, 5.41) is 2.81. The number of carbonyl (C=O) groups is 2. The Morgan fingerprint density at radius 2 is 2.04 bits per heavy atom. The molecule has 2 aromatic carbocycles. The van der Waals surface area contributed by atoms with Gasteiger partial charge in [-0.3, -0.25) is 4.90 Å². The van der Waals surface area contributed by atoms with Gasteiger partial charge in [-0.05, 0) is 37.3 Å². The lowest BCUT2D eigenvalue weighted by Crippen LogP contribution is -2.40. The predicted octanol–water partition coefficient (Wildman–Crippen LogP) is 3.29. The van der Waals surface area contributed by atoms with Crippen LogP contribution in [-0.4, -0.2) is 31.8 Å². The molecule has 6 nitrogen and oxygen atoms in total. The number of rotatable bonds is 3. The van der Waals surface area contributed by atoms with E-state index in [0.717, 1.165) is 5.69 Å². The first-order valence-electron chi connectivity index (χ1n) is 7.76. The molecule has 0 aliphatic carbocycles. The topological polar surface area (TPSA) is 67.9 Å². The van der Waals surface area contributed by atoms with Gasteiger partial charge in [-0.15, -0.1) is 0 Å². The molecule has 3 rings (SSSR count). The van der Waals surface area contributed by atoms with E-state index in [0.29, 0.717) is 36.8 Å². The van der Waals surface area contributed by atoms with Crippen molar-refractivity contribution in [2.75, 3.05) is 30.0 Å². The van der Waals surface area contributed by atoms with Crippen LogP contribution >= 0.6 is 0 Å². The molecule has 0 fully saturated rings. The first-order valence-corrected chi connectivity index (χ1v) is 7.76. The van der Waals surface area contributed by atoms with Gasteiger partial charge < -0.3 is 14.8 Å². The van der Waals surface area contributed by atoms with Gasteiger partial charge in [-0.25, -0.2) is 9.59 Å². The molecule has 0 spiro atoms. The molecule has 6 heteroatoms. The SMILES string of the molecule is CCOC(=O)c1cccc(NC(=O)N2CCOc3ccccc32)c1. The van der Waals surface area contributed by atoms with Crippen molar-refractivity contribution in [2.45, 2.75) is 6.92 Å². The zero-order chi connectivity index (χ0) is 16.9. The number of anilines is 2. The second-order valence-electron chi connectivity index (χ2n) is 5.20. The lowest BCUT2D eigenvalue weighted by molar-refractivity contribution is 0.0526. The van der Waals surface area contributed by atoms with Crippen molar-refractivity contribution in [2.24, 2.45) is 0 Å². The Hall–Kier alpha value is -3.02. The Morgan fingerprint density at radius 3 is 2.88 bits per heavy atom. The second kappa shape index (κ2) is 7.04. The fraction of sp³-hybridized carbons (Fsp3) is 0.222. The third kappa shape index (κ3) is 3.32. The van der Waals surface area contributed by atoms with Crippen LogP contribution in [0.5, 0.6) is 5.75 Å². The van der Waals surface area contributed by atoms with Gasteiger partial charge in [0.05, 0.1) is 24.4 Å². The van der Waals surface area contributed by atoms with E-state index in [9.17, 15) is 9.59 Å². The number of ether oxygens (including phenoxy) is 2. The highest BCUT2D eigenvalue weighted by Crippen LogP contribution is 2.31. The third-order valence-electron chi connectivity index (χ3n) is 3.60. The summed E-state index contributed by atoms with van der Waals surface area (Å²) in [6, 6.07) is 13.8. The molecule has 0 aromatic heterocycles. The zero-order valence-electron chi connectivity index (χ0n) is 13.3. The largest absolute Gasteiger partial charge is 0.490 e.